The van der Waals surface area contributed by atoms with Gasteiger partial charge in [0.15, 0.2) is 11.5 Å². The van der Waals surface area contributed by atoms with E-state index in [4.69, 9.17) is 9.57 Å². The van der Waals surface area contributed by atoms with E-state index in [9.17, 15) is 10.2 Å². The van der Waals surface area contributed by atoms with Crippen molar-refractivity contribution in [1.29, 1.82) is 0 Å². The first-order valence-electron chi connectivity index (χ1n) is 10.4. The van der Waals surface area contributed by atoms with Gasteiger partial charge in [0, 0.05) is 18.2 Å². The van der Waals surface area contributed by atoms with E-state index in [1.165, 1.54) is 18.4 Å². The second kappa shape index (κ2) is 5.38. The molecule has 0 amide bonds. The van der Waals surface area contributed by atoms with Gasteiger partial charge in [-0.1, -0.05) is 6.07 Å². The number of phenolic OH excluding ortho intramolecular Hbond substituents is 1. The van der Waals surface area contributed by atoms with Crippen LogP contribution in [0.1, 0.15) is 43.2 Å². The van der Waals surface area contributed by atoms with Crippen LogP contribution < -0.4 is 10.2 Å². The molecule has 3 aliphatic carbocycles. The summed E-state index contributed by atoms with van der Waals surface area (Å²) in [5.74, 6) is 1.59. The average molecular weight is 372 g/mol. The normalized spacial score (nSPS) is 41.9. The molecule has 6 heteroatoms. The van der Waals surface area contributed by atoms with Crippen LogP contribution >= 0.6 is 0 Å². The topological polar surface area (TPSA) is 74.2 Å². The predicted octanol–water partition coefficient (Wildman–Crippen LogP) is 1.48. The third-order valence-corrected chi connectivity index (χ3v) is 8.03. The van der Waals surface area contributed by atoms with Gasteiger partial charge < -0.3 is 19.8 Å². The van der Waals surface area contributed by atoms with Gasteiger partial charge in [-0.05, 0) is 62.6 Å². The Morgan fingerprint density at radius 1 is 1.30 bits per heavy atom. The maximum Gasteiger partial charge on any atom is 0.165 e. The van der Waals surface area contributed by atoms with Crippen molar-refractivity contribution >= 4 is 0 Å². The molecule has 1 aromatic carbocycles. The van der Waals surface area contributed by atoms with E-state index < -0.39 is 11.0 Å². The molecule has 6 rings (SSSR count). The van der Waals surface area contributed by atoms with Crippen molar-refractivity contribution in [2.75, 3.05) is 20.2 Å². The summed E-state index contributed by atoms with van der Waals surface area (Å²) in [6, 6.07) is 3.93. The Labute approximate surface area is 159 Å². The Morgan fingerprint density at radius 2 is 2.15 bits per heavy atom. The van der Waals surface area contributed by atoms with Crippen molar-refractivity contribution in [3.05, 3.63) is 23.3 Å². The summed E-state index contributed by atoms with van der Waals surface area (Å²) < 4.78 is 6.40. The number of likely N-dealkylation sites (tertiary alicyclic amines) is 1. The molecule has 1 aromatic rings. The summed E-state index contributed by atoms with van der Waals surface area (Å²) in [5.41, 5.74) is 4.13. The van der Waals surface area contributed by atoms with E-state index in [-0.39, 0.29) is 23.9 Å². The molecule has 0 aromatic heterocycles. The predicted molar refractivity (Wildman–Crippen MR) is 98.7 cm³/mol. The minimum Gasteiger partial charge on any atom is -0.504 e. The lowest BCUT2D eigenvalue weighted by Crippen LogP contribution is -2.78. The average Bonchev–Trinajstić information content (AvgIpc) is 3.39. The fourth-order valence-corrected chi connectivity index (χ4v) is 6.75. The molecule has 5 atom stereocenters. The molecule has 2 aliphatic heterocycles. The number of hydrogen-bond acceptors (Lipinski definition) is 6. The number of aromatic hydroxyl groups is 1. The van der Waals surface area contributed by atoms with Crippen molar-refractivity contribution in [2.45, 2.75) is 67.7 Å². The van der Waals surface area contributed by atoms with Gasteiger partial charge in [-0.15, -0.1) is 0 Å². The molecule has 2 heterocycles. The number of nitrogens with zero attached hydrogens (tertiary/aromatic N) is 1. The molecular formula is C21H28N2O4. The van der Waals surface area contributed by atoms with Crippen molar-refractivity contribution in [1.82, 2.24) is 10.4 Å². The summed E-state index contributed by atoms with van der Waals surface area (Å²) in [5, 5.41) is 22.7. The number of nitrogens with one attached hydrogen (secondary N) is 1. The quantitative estimate of drug-likeness (QED) is 0.695. The largest absolute Gasteiger partial charge is 0.504 e. The number of rotatable bonds is 4. The zero-order chi connectivity index (χ0) is 18.4. The SMILES string of the molecule is CONC1CC[C@@]2(O)[C@H]3Cc4ccc(O)c5c4[C@@]2(CCN3CC2CC2)C1O5. The highest BCUT2D eigenvalue weighted by Gasteiger charge is 2.73. The van der Waals surface area contributed by atoms with E-state index in [0.717, 1.165) is 50.3 Å². The molecule has 3 N–H and O–H groups in total. The Hall–Kier alpha value is -1.34. The first-order valence-corrected chi connectivity index (χ1v) is 10.4. The van der Waals surface area contributed by atoms with Gasteiger partial charge in [-0.3, -0.25) is 4.90 Å². The zero-order valence-corrected chi connectivity index (χ0v) is 15.8. The van der Waals surface area contributed by atoms with E-state index in [0.29, 0.717) is 5.75 Å². The molecule has 1 saturated heterocycles. The number of ether oxygens (including phenoxy) is 1. The highest BCUT2D eigenvalue weighted by atomic mass is 16.6. The monoisotopic (exact) mass is 372 g/mol. The van der Waals surface area contributed by atoms with Crippen LogP contribution in [-0.2, 0) is 16.7 Å². The van der Waals surface area contributed by atoms with Crippen LogP contribution in [0.15, 0.2) is 12.1 Å². The third-order valence-electron chi connectivity index (χ3n) is 8.03. The van der Waals surface area contributed by atoms with Gasteiger partial charge in [0.05, 0.1) is 24.2 Å². The van der Waals surface area contributed by atoms with Gasteiger partial charge in [0.25, 0.3) is 0 Å². The molecule has 5 aliphatic rings. The number of aliphatic hydroxyl groups is 1. The molecule has 146 valence electrons. The van der Waals surface area contributed by atoms with Crippen molar-refractivity contribution in [3.8, 4) is 11.5 Å². The molecule has 1 spiro atoms. The highest BCUT2D eigenvalue weighted by molar-refractivity contribution is 5.62. The standard InChI is InChI=1S/C21H28N2O4/c1-26-22-14-6-7-21(25)16-10-13-4-5-15(24)18-17(13)20(21,19(14)27-18)8-9-23(16)11-12-2-3-12/h4-5,12,14,16,19,22,24-25H,2-3,6-11H2,1H3/t14?,16-,19?,20+,21-/m1/s1. The molecule has 6 nitrogen and oxygen atoms in total. The van der Waals surface area contributed by atoms with E-state index in [1.54, 1.807) is 13.2 Å². The van der Waals surface area contributed by atoms with Crippen molar-refractivity contribution < 1.29 is 19.8 Å². The molecule has 0 radical (unpaired) electrons. The lowest BCUT2D eigenvalue weighted by molar-refractivity contribution is -0.199. The number of hydroxylamine groups is 1. The smallest absolute Gasteiger partial charge is 0.165 e. The second-order valence-corrected chi connectivity index (χ2v) is 9.26. The van der Waals surface area contributed by atoms with Gasteiger partial charge in [-0.2, -0.15) is 5.48 Å². The number of phenols is 1. The fraction of sp³-hybridized carbons (Fsp3) is 0.714. The van der Waals surface area contributed by atoms with Gasteiger partial charge in [0.1, 0.15) is 6.10 Å². The summed E-state index contributed by atoms with van der Waals surface area (Å²) in [7, 11) is 1.63. The van der Waals surface area contributed by atoms with Crippen LogP contribution in [0, 0.1) is 5.92 Å². The van der Waals surface area contributed by atoms with Crippen molar-refractivity contribution in [3.63, 3.8) is 0 Å². The summed E-state index contributed by atoms with van der Waals surface area (Å²) in [4.78, 5) is 7.82. The maximum absolute atomic E-state index is 12.2. The van der Waals surface area contributed by atoms with Gasteiger partial charge in [0.2, 0.25) is 0 Å². The molecule has 2 unspecified atom stereocenters. The lowest BCUT2D eigenvalue weighted by atomic mass is 9.48. The van der Waals surface area contributed by atoms with Crippen LogP contribution in [0.5, 0.6) is 11.5 Å². The maximum atomic E-state index is 12.2. The molecule has 2 saturated carbocycles. The molecular weight excluding hydrogens is 344 g/mol. The number of piperidine rings is 1. The van der Waals surface area contributed by atoms with Gasteiger partial charge in [-0.25, -0.2) is 0 Å². The molecule has 2 bridgehead atoms. The van der Waals surface area contributed by atoms with E-state index >= 15 is 0 Å². The number of benzene rings is 1. The third kappa shape index (κ3) is 1.95. The van der Waals surface area contributed by atoms with Crippen LogP contribution in [0.25, 0.3) is 0 Å². The highest BCUT2D eigenvalue weighted by Crippen LogP contribution is 2.65. The lowest BCUT2D eigenvalue weighted by Gasteiger charge is -2.64. The zero-order valence-electron chi connectivity index (χ0n) is 15.8. The summed E-state index contributed by atoms with van der Waals surface area (Å²) >= 11 is 0. The van der Waals surface area contributed by atoms with E-state index in [1.807, 2.05) is 6.07 Å². The first-order chi connectivity index (χ1) is 13.1. The second-order valence-electron chi connectivity index (χ2n) is 9.26. The van der Waals surface area contributed by atoms with Crippen LogP contribution in [-0.4, -0.2) is 59.1 Å². The summed E-state index contributed by atoms with van der Waals surface area (Å²) in [6.45, 7) is 2.09. The minimum atomic E-state index is -0.817. The summed E-state index contributed by atoms with van der Waals surface area (Å²) in [6.07, 6.45) is 5.67. The Balaban J connectivity index is 1.53. The van der Waals surface area contributed by atoms with Gasteiger partial charge >= 0.3 is 0 Å². The Kier molecular flexibility index (Phi) is 3.31. The van der Waals surface area contributed by atoms with Crippen LogP contribution in [0.2, 0.25) is 0 Å². The van der Waals surface area contributed by atoms with Crippen LogP contribution in [0.4, 0.5) is 0 Å². The number of hydrogen-bond donors (Lipinski definition) is 3. The van der Waals surface area contributed by atoms with E-state index in [2.05, 4.69) is 10.4 Å². The fourth-order valence-electron chi connectivity index (χ4n) is 6.75. The Morgan fingerprint density at radius 3 is 2.93 bits per heavy atom. The van der Waals surface area contributed by atoms with Crippen LogP contribution in [0.3, 0.4) is 0 Å². The molecule has 27 heavy (non-hydrogen) atoms. The Bertz CT molecular complexity index is 797. The first kappa shape index (κ1) is 16.6. The molecule has 3 fully saturated rings. The minimum absolute atomic E-state index is 0.00339. The van der Waals surface area contributed by atoms with Crippen molar-refractivity contribution in [2.24, 2.45) is 5.92 Å².